The summed E-state index contributed by atoms with van der Waals surface area (Å²) in [6, 6.07) is 6.99. The molecule has 5 nitrogen and oxygen atoms in total. The van der Waals surface area contributed by atoms with Crippen LogP contribution in [0.2, 0.25) is 5.15 Å². The number of halogens is 1. The van der Waals surface area contributed by atoms with Crippen LogP contribution in [0.4, 0.5) is 0 Å². The first-order valence-electron chi connectivity index (χ1n) is 5.86. The number of rotatable bonds is 2. The lowest BCUT2D eigenvalue weighted by Crippen LogP contribution is -2.00. The summed E-state index contributed by atoms with van der Waals surface area (Å²) in [5.41, 5.74) is 2.80. The van der Waals surface area contributed by atoms with E-state index in [4.69, 9.17) is 11.6 Å². The van der Waals surface area contributed by atoms with E-state index in [1.54, 1.807) is 47.4 Å². The first kappa shape index (κ1) is 12.6. The number of hydrogen-bond acceptors (Lipinski definition) is 4. The number of carbonyl (C=O) groups is 1. The van der Waals surface area contributed by atoms with Crippen LogP contribution in [-0.2, 0) is 4.74 Å². The Bertz CT molecular complexity index is 781. The van der Waals surface area contributed by atoms with Crippen molar-refractivity contribution in [2.45, 2.75) is 0 Å². The Morgan fingerprint density at radius 2 is 2.00 bits per heavy atom. The normalized spacial score (nSPS) is 10.7. The summed E-state index contributed by atoms with van der Waals surface area (Å²) in [7, 11) is 1.35. The molecular weight excluding hydrogens is 278 g/mol. The molecule has 0 bridgehead atoms. The van der Waals surface area contributed by atoms with Crippen LogP contribution in [0.15, 0.2) is 43.0 Å². The molecule has 0 aliphatic carbocycles. The molecule has 0 saturated carbocycles. The van der Waals surface area contributed by atoms with Crippen molar-refractivity contribution in [3.63, 3.8) is 0 Å². The summed E-state index contributed by atoms with van der Waals surface area (Å²) in [5.74, 6) is -0.369. The third kappa shape index (κ3) is 2.02. The van der Waals surface area contributed by atoms with Gasteiger partial charge >= 0.3 is 5.97 Å². The highest BCUT2D eigenvalue weighted by Crippen LogP contribution is 2.27. The van der Waals surface area contributed by atoms with Gasteiger partial charge in [-0.15, -0.1) is 0 Å². The van der Waals surface area contributed by atoms with Gasteiger partial charge in [0.1, 0.15) is 11.8 Å². The van der Waals surface area contributed by atoms with Crippen molar-refractivity contribution in [3.05, 3.63) is 53.7 Å². The standard InChI is InChI=1S/C14H10ClN3O2/c1-20-14(19)10-4-2-9(3-5-10)11-12-13(15)16-6-7-18(12)8-17-11/h2-8H,1H3. The number of ether oxygens (including phenoxy) is 1. The molecule has 3 rings (SSSR count). The van der Waals surface area contributed by atoms with E-state index in [0.717, 1.165) is 16.8 Å². The fraction of sp³-hybridized carbons (Fsp3) is 0.0714. The minimum Gasteiger partial charge on any atom is -0.465 e. The molecule has 0 radical (unpaired) electrons. The number of methoxy groups -OCH3 is 1. The maximum absolute atomic E-state index is 11.4. The molecule has 0 amide bonds. The van der Waals surface area contributed by atoms with Crippen molar-refractivity contribution in [3.8, 4) is 11.3 Å². The van der Waals surface area contributed by atoms with E-state index < -0.39 is 0 Å². The Morgan fingerprint density at radius 3 is 2.70 bits per heavy atom. The highest BCUT2D eigenvalue weighted by atomic mass is 35.5. The Morgan fingerprint density at radius 1 is 1.25 bits per heavy atom. The van der Waals surface area contributed by atoms with Crippen molar-refractivity contribution >= 4 is 23.1 Å². The number of aromatic nitrogens is 3. The third-order valence-electron chi connectivity index (χ3n) is 2.98. The smallest absolute Gasteiger partial charge is 0.337 e. The highest BCUT2D eigenvalue weighted by Gasteiger charge is 2.12. The van der Waals surface area contributed by atoms with E-state index in [1.807, 2.05) is 0 Å². The van der Waals surface area contributed by atoms with Gasteiger partial charge in [0.15, 0.2) is 5.15 Å². The zero-order valence-corrected chi connectivity index (χ0v) is 11.3. The predicted molar refractivity (Wildman–Crippen MR) is 74.8 cm³/mol. The Labute approximate surface area is 119 Å². The topological polar surface area (TPSA) is 56.5 Å². The summed E-state index contributed by atoms with van der Waals surface area (Å²) in [6.45, 7) is 0. The van der Waals surface area contributed by atoms with Crippen LogP contribution in [-0.4, -0.2) is 27.4 Å². The van der Waals surface area contributed by atoms with Crippen LogP contribution >= 0.6 is 11.6 Å². The highest BCUT2D eigenvalue weighted by molar-refractivity contribution is 6.33. The van der Waals surface area contributed by atoms with Crippen LogP contribution in [0.1, 0.15) is 10.4 Å². The fourth-order valence-corrected chi connectivity index (χ4v) is 2.25. The molecular formula is C14H10ClN3O2. The van der Waals surface area contributed by atoms with Gasteiger partial charge in [0.25, 0.3) is 0 Å². The lowest BCUT2D eigenvalue weighted by atomic mass is 10.1. The van der Waals surface area contributed by atoms with Crippen molar-refractivity contribution in [2.24, 2.45) is 0 Å². The summed E-state index contributed by atoms with van der Waals surface area (Å²) >= 11 is 6.11. The number of carbonyl (C=O) groups excluding carboxylic acids is 1. The second-order valence-electron chi connectivity index (χ2n) is 4.14. The Balaban J connectivity index is 2.10. The lowest BCUT2D eigenvalue weighted by Gasteiger charge is -2.02. The Kier molecular flexibility index (Phi) is 3.12. The average molecular weight is 288 g/mol. The molecule has 0 aliphatic heterocycles. The molecule has 0 atom stereocenters. The molecule has 1 aromatic carbocycles. The molecule has 100 valence electrons. The molecule has 3 aromatic rings. The van der Waals surface area contributed by atoms with Gasteiger partial charge in [0.05, 0.1) is 18.4 Å². The Hall–Kier alpha value is -2.40. The quantitative estimate of drug-likeness (QED) is 0.680. The maximum atomic E-state index is 11.4. The van der Waals surface area contributed by atoms with Crippen LogP contribution in [0, 0.1) is 0 Å². The van der Waals surface area contributed by atoms with Crippen LogP contribution < -0.4 is 0 Å². The molecule has 0 fully saturated rings. The van der Waals surface area contributed by atoms with Gasteiger partial charge in [-0.2, -0.15) is 0 Å². The predicted octanol–water partition coefficient (Wildman–Crippen LogP) is 2.84. The van der Waals surface area contributed by atoms with E-state index in [2.05, 4.69) is 14.7 Å². The van der Waals surface area contributed by atoms with Gasteiger partial charge in [-0.25, -0.2) is 14.8 Å². The monoisotopic (exact) mass is 287 g/mol. The first-order valence-corrected chi connectivity index (χ1v) is 6.24. The largest absolute Gasteiger partial charge is 0.465 e. The third-order valence-corrected chi connectivity index (χ3v) is 3.26. The van der Waals surface area contributed by atoms with Gasteiger partial charge in [-0.3, -0.25) is 0 Å². The molecule has 2 heterocycles. The first-order chi connectivity index (χ1) is 9.70. The van der Waals surface area contributed by atoms with Gasteiger partial charge in [-0.05, 0) is 12.1 Å². The second kappa shape index (κ2) is 4.94. The summed E-state index contributed by atoms with van der Waals surface area (Å²) < 4.78 is 6.47. The zero-order chi connectivity index (χ0) is 14.1. The van der Waals surface area contributed by atoms with Crippen LogP contribution in [0.25, 0.3) is 16.8 Å². The summed E-state index contributed by atoms with van der Waals surface area (Å²) in [6.07, 6.45) is 5.06. The van der Waals surface area contributed by atoms with E-state index in [9.17, 15) is 4.79 Å². The average Bonchev–Trinajstić information content (AvgIpc) is 2.92. The number of esters is 1. The van der Waals surface area contributed by atoms with E-state index in [-0.39, 0.29) is 5.97 Å². The van der Waals surface area contributed by atoms with Crippen molar-refractivity contribution < 1.29 is 9.53 Å². The SMILES string of the molecule is COC(=O)c1ccc(-c2ncn3ccnc(Cl)c23)cc1. The van der Waals surface area contributed by atoms with Crippen LogP contribution in [0.3, 0.4) is 0 Å². The number of fused-ring (bicyclic) bond motifs is 1. The van der Waals surface area contributed by atoms with Crippen molar-refractivity contribution in [2.75, 3.05) is 7.11 Å². The van der Waals surface area contributed by atoms with Crippen molar-refractivity contribution in [1.29, 1.82) is 0 Å². The molecule has 6 heteroatoms. The molecule has 0 aliphatic rings. The minimum atomic E-state index is -0.369. The number of benzene rings is 1. The van der Waals surface area contributed by atoms with E-state index in [1.165, 1.54) is 7.11 Å². The number of hydrogen-bond donors (Lipinski definition) is 0. The van der Waals surface area contributed by atoms with Gasteiger partial charge in [-0.1, -0.05) is 23.7 Å². The molecule has 0 spiro atoms. The maximum Gasteiger partial charge on any atom is 0.337 e. The van der Waals surface area contributed by atoms with Gasteiger partial charge in [0, 0.05) is 18.0 Å². The minimum absolute atomic E-state index is 0.369. The van der Waals surface area contributed by atoms with Crippen LogP contribution in [0.5, 0.6) is 0 Å². The van der Waals surface area contributed by atoms with Gasteiger partial charge < -0.3 is 9.14 Å². The second-order valence-corrected chi connectivity index (χ2v) is 4.49. The number of nitrogens with zero attached hydrogens (tertiary/aromatic N) is 3. The summed E-state index contributed by atoms with van der Waals surface area (Å²) in [4.78, 5) is 19.8. The molecule has 20 heavy (non-hydrogen) atoms. The molecule has 0 unspecified atom stereocenters. The summed E-state index contributed by atoms with van der Waals surface area (Å²) in [5, 5.41) is 0.386. The number of imidazole rings is 1. The molecule has 0 saturated heterocycles. The zero-order valence-electron chi connectivity index (χ0n) is 10.6. The lowest BCUT2D eigenvalue weighted by molar-refractivity contribution is 0.0601. The van der Waals surface area contributed by atoms with Crippen molar-refractivity contribution in [1.82, 2.24) is 14.4 Å². The molecule has 2 aromatic heterocycles. The fourth-order valence-electron chi connectivity index (χ4n) is 2.00. The van der Waals surface area contributed by atoms with E-state index in [0.29, 0.717) is 10.7 Å². The van der Waals surface area contributed by atoms with E-state index >= 15 is 0 Å². The molecule has 0 N–H and O–H groups in total. The van der Waals surface area contributed by atoms with Gasteiger partial charge in [0.2, 0.25) is 0 Å².